The molecule has 1 aliphatic rings. The number of benzene rings is 1. The fourth-order valence-electron chi connectivity index (χ4n) is 3.82. The maximum Gasteiger partial charge on any atom is 0.191 e. The van der Waals surface area contributed by atoms with E-state index in [1.54, 1.807) is 12.1 Å². The molecule has 1 unspecified atom stereocenters. The summed E-state index contributed by atoms with van der Waals surface area (Å²) in [4.78, 5) is 10.5. The van der Waals surface area contributed by atoms with Gasteiger partial charge in [-0.3, -0.25) is 4.99 Å². The Balaban J connectivity index is 0.00000280. The molecule has 156 valence electrons. The lowest BCUT2D eigenvalue weighted by molar-refractivity contribution is 0.326. The van der Waals surface area contributed by atoms with E-state index < -0.39 is 0 Å². The van der Waals surface area contributed by atoms with Crippen LogP contribution in [0.3, 0.4) is 0 Å². The molecule has 1 saturated heterocycles. The summed E-state index contributed by atoms with van der Waals surface area (Å²) in [6.07, 6.45) is 5.25. The highest BCUT2D eigenvalue weighted by Crippen LogP contribution is 2.19. The number of H-pyrrole nitrogens is 1. The van der Waals surface area contributed by atoms with Crippen LogP contribution in [-0.4, -0.2) is 55.1 Å². The molecule has 1 atom stereocenters. The van der Waals surface area contributed by atoms with Gasteiger partial charge in [0, 0.05) is 43.3 Å². The maximum absolute atomic E-state index is 13.5. The third-order valence-corrected chi connectivity index (χ3v) is 5.18. The zero-order chi connectivity index (χ0) is 19.1. The molecule has 1 aliphatic heterocycles. The van der Waals surface area contributed by atoms with E-state index in [1.165, 1.54) is 32.0 Å². The molecule has 1 aromatic carbocycles. The van der Waals surface area contributed by atoms with Crippen molar-refractivity contribution in [2.24, 2.45) is 10.9 Å². The largest absolute Gasteiger partial charge is 0.361 e. The van der Waals surface area contributed by atoms with Crippen molar-refractivity contribution in [2.45, 2.75) is 33.1 Å². The van der Waals surface area contributed by atoms with E-state index in [-0.39, 0.29) is 29.8 Å². The Labute approximate surface area is 184 Å². The lowest BCUT2D eigenvalue weighted by Crippen LogP contribution is -2.38. The molecule has 1 aromatic heterocycles. The van der Waals surface area contributed by atoms with E-state index in [0.29, 0.717) is 5.92 Å². The predicted octanol–water partition coefficient (Wildman–Crippen LogP) is 3.75. The average molecular weight is 501 g/mol. The molecule has 1 fully saturated rings. The monoisotopic (exact) mass is 501 g/mol. The van der Waals surface area contributed by atoms with Gasteiger partial charge in [-0.25, -0.2) is 4.39 Å². The van der Waals surface area contributed by atoms with Crippen LogP contribution in [-0.2, 0) is 6.42 Å². The molecule has 3 N–H and O–H groups in total. The molecule has 0 spiro atoms. The van der Waals surface area contributed by atoms with E-state index in [1.807, 2.05) is 6.20 Å². The minimum absolute atomic E-state index is 0. The Morgan fingerprint density at radius 3 is 2.96 bits per heavy atom. The molecule has 2 aromatic rings. The van der Waals surface area contributed by atoms with Gasteiger partial charge >= 0.3 is 0 Å². The van der Waals surface area contributed by atoms with Gasteiger partial charge in [-0.1, -0.05) is 6.92 Å². The number of fused-ring (bicyclic) bond motifs is 1. The molecule has 0 bridgehead atoms. The molecule has 3 rings (SSSR count). The van der Waals surface area contributed by atoms with Crippen LogP contribution in [0.5, 0.6) is 0 Å². The molecule has 0 aliphatic carbocycles. The van der Waals surface area contributed by atoms with Crippen molar-refractivity contribution in [1.29, 1.82) is 0 Å². The standard InChI is InChI=1S/C21H32FN5.HI/c1-3-10-27-11-8-16(15-27)13-26-21(23-4-2)24-9-7-17-14-25-20-6-5-18(22)12-19(17)20;/h5-6,12,14,16,25H,3-4,7-11,13,15H2,1-2H3,(H2,23,24,26);1H. The normalized spacial score (nSPS) is 17.7. The van der Waals surface area contributed by atoms with Crippen LogP contribution in [0.15, 0.2) is 29.4 Å². The first kappa shape index (κ1) is 22.9. The van der Waals surface area contributed by atoms with Crippen LogP contribution < -0.4 is 10.6 Å². The number of rotatable bonds is 8. The number of nitrogens with zero attached hydrogens (tertiary/aromatic N) is 2. The zero-order valence-electron chi connectivity index (χ0n) is 16.9. The number of hydrogen-bond donors (Lipinski definition) is 3. The Bertz CT molecular complexity index is 760. The first-order chi connectivity index (χ1) is 13.2. The summed E-state index contributed by atoms with van der Waals surface area (Å²) in [5.74, 6) is 1.33. The molecule has 0 saturated carbocycles. The highest BCUT2D eigenvalue weighted by molar-refractivity contribution is 14.0. The topological polar surface area (TPSA) is 55.4 Å². The van der Waals surface area contributed by atoms with E-state index in [9.17, 15) is 4.39 Å². The van der Waals surface area contributed by atoms with E-state index in [0.717, 1.165) is 55.0 Å². The van der Waals surface area contributed by atoms with E-state index in [4.69, 9.17) is 4.99 Å². The van der Waals surface area contributed by atoms with Crippen LogP contribution in [0.2, 0.25) is 0 Å². The first-order valence-electron chi connectivity index (χ1n) is 10.2. The van der Waals surface area contributed by atoms with Crippen molar-refractivity contribution in [2.75, 3.05) is 39.3 Å². The minimum atomic E-state index is -0.195. The molecular weight excluding hydrogens is 468 g/mol. The van der Waals surface area contributed by atoms with Gasteiger partial charge < -0.3 is 20.5 Å². The zero-order valence-corrected chi connectivity index (χ0v) is 19.3. The summed E-state index contributed by atoms with van der Waals surface area (Å²) in [5, 5.41) is 7.70. The highest BCUT2D eigenvalue weighted by Gasteiger charge is 2.21. The third kappa shape index (κ3) is 6.34. The van der Waals surface area contributed by atoms with E-state index >= 15 is 0 Å². The van der Waals surface area contributed by atoms with Gasteiger partial charge in [0.05, 0.1) is 0 Å². The fraction of sp³-hybridized carbons (Fsp3) is 0.571. The molecule has 0 radical (unpaired) electrons. The number of aliphatic imine (C=N–C) groups is 1. The number of aromatic nitrogens is 1. The van der Waals surface area contributed by atoms with Crippen LogP contribution in [0, 0.1) is 11.7 Å². The van der Waals surface area contributed by atoms with E-state index in [2.05, 4.69) is 34.4 Å². The third-order valence-electron chi connectivity index (χ3n) is 5.18. The highest BCUT2D eigenvalue weighted by atomic mass is 127. The lowest BCUT2D eigenvalue weighted by Gasteiger charge is -2.15. The van der Waals surface area contributed by atoms with Crippen molar-refractivity contribution >= 4 is 40.8 Å². The second-order valence-corrected chi connectivity index (χ2v) is 7.36. The van der Waals surface area contributed by atoms with Gasteiger partial charge in [0.25, 0.3) is 0 Å². The quantitative estimate of drug-likeness (QED) is 0.294. The fourth-order valence-corrected chi connectivity index (χ4v) is 3.82. The Morgan fingerprint density at radius 1 is 1.32 bits per heavy atom. The second-order valence-electron chi connectivity index (χ2n) is 7.36. The number of aromatic amines is 1. The van der Waals surface area contributed by atoms with Gasteiger partial charge in [0.15, 0.2) is 5.96 Å². The van der Waals surface area contributed by atoms with Gasteiger partial charge in [0.2, 0.25) is 0 Å². The van der Waals surface area contributed by atoms with Crippen molar-refractivity contribution in [3.63, 3.8) is 0 Å². The first-order valence-corrected chi connectivity index (χ1v) is 10.2. The number of halogens is 2. The van der Waals surface area contributed by atoms with Crippen LogP contribution in [0.25, 0.3) is 10.9 Å². The Kier molecular flexibility index (Phi) is 9.50. The van der Waals surface area contributed by atoms with Crippen LogP contribution in [0.1, 0.15) is 32.3 Å². The van der Waals surface area contributed by atoms with Gasteiger partial charge in [0.1, 0.15) is 5.82 Å². The summed E-state index contributed by atoms with van der Waals surface area (Å²) in [6.45, 7) is 10.4. The smallest absolute Gasteiger partial charge is 0.191 e. The molecular formula is C21H33FIN5. The number of guanidine groups is 1. The SMILES string of the molecule is CCCN1CCC(CN=C(NCC)NCCc2c[nH]c3ccc(F)cc23)C1.I. The predicted molar refractivity (Wildman–Crippen MR) is 126 cm³/mol. The van der Waals surface area contributed by atoms with Gasteiger partial charge in [-0.2, -0.15) is 0 Å². The summed E-state index contributed by atoms with van der Waals surface area (Å²) in [5.41, 5.74) is 2.10. The van der Waals surface area contributed by atoms with Crippen molar-refractivity contribution < 1.29 is 4.39 Å². The van der Waals surface area contributed by atoms with Crippen LogP contribution in [0.4, 0.5) is 4.39 Å². The Morgan fingerprint density at radius 2 is 2.18 bits per heavy atom. The maximum atomic E-state index is 13.5. The molecule has 2 heterocycles. The molecule has 5 nitrogen and oxygen atoms in total. The molecule has 7 heteroatoms. The number of likely N-dealkylation sites (tertiary alicyclic amines) is 1. The van der Waals surface area contributed by atoms with Gasteiger partial charge in [-0.05, 0) is 69.0 Å². The molecule has 0 amide bonds. The summed E-state index contributed by atoms with van der Waals surface area (Å²) in [7, 11) is 0. The Hall–Kier alpha value is -1.35. The summed E-state index contributed by atoms with van der Waals surface area (Å²) < 4.78 is 13.5. The second kappa shape index (κ2) is 11.6. The van der Waals surface area contributed by atoms with Crippen molar-refractivity contribution in [3.05, 3.63) is 35.8 Å². The van der Waals surface area contributed by atoms with Crippen molar-refractivity contribution in [3.8, 4) is 0 Å². The number of nitrogens with one attached hydrogen (secondary N) is 3. The van der Waals surface area contributed by atoms with Crippen molar-refractivity contribution in [1.82, 2.24) is 20.5 Å². The average Bonchev–Trinajstić information content (AvgIpc) is 3.27. The van der Waals surface area contributed by atoms with Crippen LogP contribution >= 0.6 is 24.0 Å². The minimum Gasteiger partial charge on any atom is -0.361 e. The summed E-state index contributed by atoms with van der Waals surface area (Å²) in [6, 6.07) is 4.88. The van der Waals surface area contributed by atoms with Gasteiger partial charge in [-0.15, -0.1) is 24.0 Å². The summed E-state index contributed by atoms with van der Waals surface area (Å²) >= 11 is 0. The molecule has 28 heavy (non-hydrogen) atoms. The number of hydrogen-bond acceptors (Lipinski definition) is 2. The lowest BCUT2D eigenvalue weighted by atomic mass is 10.1.